The topological polar surface area (TPSA) is 112 Å². The Morgan fingerprint density at radius 3 is 2.53 bits per heavy atom. The van der Waals surface area contributed by atoms with Crippen molar-refractivity contribution in [2.45, 2.75) is 12.8 Å². The molecule has 9 heteroatoms. The highest BCUT2D eigenvalue weighted by molar-refractivity contribution is 9.10. The van der Waals surface area contributed by atoms with E-state index in [1.54, 1.807) is 37.3 Å². The monoisotopic (exact) mass is 520 g/mol. The Labute approximate surface area is 202 Å². The second-order valence-corrected chi connectivity index (χ2v) is 8.73. The van der Waals surface area contributed by atoms with E-state index in [0.29, 0.717) is 44.1 Å². The summed E-state index contributed by atoms with van der Waals surface area (Å²) in [5, 5.41) is 14.3. The molecule has 0 spiro atoms. The molecule has 3 aromatic rings. The first-order valence-electron chi connectivity index (χ1n) is 10.3. The van der Waals surface area contributed by atoms with Crippen molar-refractivity contribution in [2.75, 3.05) is 7.11 Å². The molecule has 0 saturated carbocycles. The van der Waals surface area contributed by atoms with Crippen molar-refractivity contribution in [3.8, 4) is 11.3 Å². The lowest BCUT2D eigenvalue weighted by Gasteiger charge is -2.27. The highest BCUT2D eigenvalue weighted by atomic mass is 79.9. The standard InChI is InChI=1S/C25H17BrN2O6/c1-12-20(25(30)33-2)21(22-23(27-12)14-5-3-4-6-15(14)24(22)29)19-10-9-18(34-19)16-8-7-13(28(31)32)11-17(16)26/h3-11,21,27H,1-2H3. The fraction of sp³-hybridized carbons (Fsp3) is 0.120. The van der Waals surface area contributed by atoms with Gasteiger partial charge in [0, 0.05) is 44.6 Å². The number of furan rings is 1. The summed E-state index contributed by atoms with van der Waals surface area (Å²) in [6.07, 6.45) is 0. The highest BCUT2D eigenvalue weighted by Crippen LogP contribution is 2.47. The first kappa shape index (κ1) is 21.8. The number of allylic oxidation sites excluding steroid dienone is 2. The second kappa shape index (κ2) is 8.11. The van der Waals surface area contributed by atoms with Gasteiger partial charge in [0.15, 0.2) is 5.78 Å². The number of carbonyl (C=O) groups is 2. The van der Waals surface area contributed by atoms with Gasteiger partial charge in [-0.25, -0.2) is 4.79 Å². The SMILES string of the molecule is COC(=O)C1=C(C)NC2=C(C(=O)c3ccccc32)C1c1ccc(-c2ccc([N+](=O)[O-])cc2Br)o1. The van der Waals surface area contributed by atoms with Crippen LogP contribution < -0.4 is 5.32 Å². The van der Waals surface area contributed by atoms with E-state index >= 15 is 0 Å². The summed E-state index contributed by atoms with van der Waals surface area (Å²) in [6.45, 7) is 1.76. The van der Waals surface area contributed by atoms with Gasteiger partial charge in [-0.3, -0.25) is 14.9 Å². The number of ketones is 1. The van der Waals surface area contributed by atoms with E-state index in [4.69, 9.17) is 9.15 Å². The lowest BCUT2D eigenvalue weighted by atomic mass is 9.83. The van der Waals surface area contributed by atoms with Crippen LogP contribution >= 0.6 is 15.9 Å². The zero-order valence-corrected chi connectivity index (χ0v) is 19.6. The number of rotatable bonds is 4. The third-order valence-corrected chi connectivity index (χ3v) is 6.65. The maximum atomic E-state index is 13.4. The molecule has 34 heavy (non-hydrogen) atoms. The number of halogens is 1. The Hall–Kier alpha value is -3.98. The number of esters is 1. The van der Waals surface area contributed by atoms with Crippen molar-refractivity contribution in [3.63, 3.8) is 0 Å². The summed E-state index contributed by atoms with van der Waals surface area (Å²) >= 11 is 3.37. The number of ether oxygens (including phenoxy) is 1. The Balaban J connectivity index is 1.65. The normalized spacial score (nSPS) is 16.8. The fourth-order valence-corrected chi connectivity index (χ4v) is 5.03. The molecule has 0 saturated heterocycles. The van der Waals surface area contributed by atoms with Gasteiger partial charge in [-0.1, -0.05) is 24.3 Å². The van der Waals surface area contributed by atoms with Crippen LogP contribution in [0, 0.1) is 10.1 Å². The molecule has 5 rings (SSSR count). The van der Waals surface area contributed by atoms with E-state index in [9.17, 15) is 19.7 Å². The van der Waals surface area contributed by atoms with Crippen molar-refractivity contribution >= 4 is 39.1 Å². The maximum absolute atomic E-state index is 13.4. The lowest BCUT2D eigenvalue weighted by molar-refractivity contribution is -0.384. The third kappa shape index (κ3) is 3.28. The predicted octanol–water partition coefficient (Wildman–Crippen LogP) is 5.36. The molecule has 0 bridgehead atoms. The average molecular weight is 521 g/mol. The van der Waals surface area contributed by atoms with Crippen LogP contribution in [0.15, 0.2) is 80.3 Å². The molecule has 2 aliphatic rings. The number of methoxy groups -OCH3 is 1. The summed E-state index contributed by atoms with van der Waals surface area (Å²) in [4.78, 5) is 36.8. The molecule has 1 aliphatic carbocycles. The number of fused-ring (bicyclic) bond motifs is 2. The fourth-order valence-electron chi connectivity index (χ4n) is 4.46. The minimum atomic E-state index is -0.783. The number of nitro benzene ring substituents is 1. The molecule has 1 N–H and O–H groups in total. The van der Waals surface area contributed by atoms with E-state index in [0.717, 1.165) is 5.56 Å². The Kier molecular flexibility index (Phi) is 5.21. The summed E-state index contributed by atoms with van der Waals surface area (Å²) in [6, 6.07) is 15.0. The van der Waals surface area contributed by atoms with Gasteiger partial charge in [0.1, 0.15) is 11.5 Å². The molecule has 1 aromatic heterocycles. The lowest BCUT2D eigenvalue weighted by Crippen LogP contribution is -2.28. The molecule has 0 radical (unpaired) electrons. The first-order valence-corrected chi connectivity index (χ1v) is 11.1. The van der Waals surface area contributed by atoms with E-state index in [1.807, 2.05) is 12.1 Å². The summed E-state index contributed by atoms with van der Waals surface area (Å²) in [7, 11) is 1.29. The Morgan fingerprint density at radius 2 is 1.85 bits per heavy atom. The van der Waals surface area contributed by atoms with E-state index in [-0.39, 0.29) is 17.0 Å². The molecule has 1 aliphatic heterocycles. The number of hydrogen-bond donors (Lipinski definition) is 1. The number of benzene rings is 2. The van der Waals surface area contributed by atoms with E-state index < -0.39 is 16.8 Å². The van der Waals surface area contributed by atoms with Gasteiger partial charge in [0.05, 0.1) is 29.2 Å². The van der Waals surface area contributed by atoms with Crippen LogP contribution in [0.5, 0.6) is 0 Å². The number of nitrogens with zero attached hydrogens (tertiary/aromatic N) is 1. The third-order valence-electron chi connectivity index (χ3n) is 5.99. The number of carbonyl (C=O) groups excluding carboxylic acids is 2. The predicted molar refractivity (Wildman–Crippen MR) is 127 cm³/mol. The van der Waals surface area contributed by atoms with Crippen LogP contribution in [-0.2, 0) is 9.53 Å². The van der Waals surface area contributed by atoms with Gasteiger partial charge in [-0.2, -0.15) is 0 Å². The van der Waals surface area contributed by atoms with Crippen LogP contribution in [0.3, 0.4) is 0 Å². The molecule has 1 unspecified atom stereocenters. The van der Waals surface area contributed by atoms with E-state index in [2.05, 4.69) is 21.2 Å². The van der Waals surface area contributed by atoms with Crippen LogP contribution in [0.2, 0.25) is 0 Å². The van der Waals surface area contributed by atoms with Gasteiger partial charge < -0.3 is 14.5 Å². The van der Waals surface area contributed by atoms with Crippen LogP contribution in [-0.4, -0.2) is 23.8 Å². The minimum absolute atomic E-state index is 0.0589. The summed E-state index contributed by atoms with van der Waals surface area (Å²) in [5.41, 5.74) is 3.76. The van der Waals surface area contributed by atoms with Crippen LogP contribution in [0.25, 0.3) is 17.0 Å². The molecule has 2 heterocycles. The number of dihydropyridines is 1. The quantitative estimate of drug-likeness (QED) is 0.280. The number of hydrogen-bond acceptors (Lipinski definition) is 7. The molecule has 2 aromatic carbocycles. The van der Waals surface area contributed by atoms with Crippen molar-refractivity contribution < 1.29 is 23.7 Å². The van der Waals surface area contributed by atoms with Crippen molar-refractivity contribution in [1.82, 2.24) is 5.32 Å². The van der Waals surface area contributed by atoms with Crippen LogP contribution in [0.4, 0.5) is 5.69 Å². The van der Waals surface area contributed by atoms with Crippen LogP contribution in [0.1, 0.15) is 34.5 Å². The number of Topliss-reactive ketones (excluding diaryl/α,β-unsaturated/α-hetero) is 1. The van der Waals surface area contributed by atoms with Gasteiger partial charge in [0.25, 0.3) is 5.69 Å². The van der Waals surface area contributed by atoms with Gasteiger partial charge in [-0.05, 0) is 41.1 Å². The smallest absolute Gasteiger partial charge is 0.336 e. The number of nitrogens with one attached hydrogen (secondary N) is 1. The number of nitro groups is 1. The molecule has 8 nitrogen and oxygen atoms in total. The maximum Gasteiger partial charge on any atom is 0.336 e. The zero-order chi connectivity index (χ0) is 24.1. The zero-order valence-electron chi connectivity index (χ0n) is 18.0. The van der Waals surface area contributed by atoms with Gasteiger partial charge >= 0.3 is 5.97 Å². The molecular formula is C25H17BrN2O6. The minimum Gasteiger partial charge on any atom is -0.466 e. The van der Waals surface area contributed by atoms with Gasteiger partial charge in [0.2, 0.25) is 0 Å². The van der Waals surface area contributed by atoms with Gasteiger partial charge in [-0.15, -0.1) is 0 Å². The average Bonchev–Trinajstić information content (AvgIpc) is 3.41. The molecule has 170 valence electrons. The second-order valence-electron chi connectivity index (χ2n) is 7.87. The summed E-state index contributed by atoms with van der Waals surface area (Å²) < 4.78 is 11.7. The first-order chi connectivity index (χ1) is 16.3. The Bertz CT molecular complexity index is 1470. The highest BCUT2D eigenvalue weighted by Gasteiger charge is 2.44. The van der Waals surface area contributed by atoms with E-state index in [1.165, 1.54) is 19.2 Å². The molecular weight excluding hydrogens is 504 g/mol. The van der Waals surface area contributed by atoms with Crippen molar-refractivity contribution in [1.29, 1.82) is 0 Å². The molecule has 1 atom stereocenters. The Morgan fingerprint density at radius 1 is 1.12 bits per heavy atom. The van der Waals surface area contributed by atoms with Crippen molar-refractivity contribution in [2.24, 2.45) is 0 Å². The molecule has 0 fully saturated rings. The molecule has 0 amide bonds. The largest absolute Gasteiger partial charge is 0.466 e. The number of non-ortho nitro benzene ring substituents is 1. The summed E-state index contributed by atoms with van der Waals surface area (Å²) in [5.74, 6) is -0.724. The van der Waals surface area contributed by atoms with Crippen molar-refractivity contribution in [3.05, 3.63) is 103 Å².